The van der Waals surface area contributed by atoms with Crippen LogP contribution in [0, 0.1) is 11.6 Å². The van der Waals surface area contributed by atoms with E-state index in [1.54, 1.807) is 30.9 Å². The number of halogens is 2. The van der Waals surface area contributed by atoms with Crippen LogP contribution in [-0.4, -0.2) is 16.1 Å². The van der Waals surface area contributed by atoms with Crippen molar-refractivity contribution in [2.75, 3.05) is 0 Å². The Balaban J connectivity index is 1.73. The van der Waals surface area contributed by atoms with Gasteiger partial charge in [0.05, 0.1) is 0 Å². The van der Waals surface area contributed by atoms with Crippen molar-refractivity contribution >= 4 is 6.09 Å². The lowest BCUT2D eigenvalue weighted by Gasteiger charge is -2.18. The lowest BCUT2D eigenvalue weighted by atomic mass is 9.95. The fourth-order valence-electron chi connectivity index (χ4n) is 2.97. The molecular weight excluding hydrogens is 340 g/mol. The van der Waals surface area contributed by atoms with E-state index in [2.05, 4.69) is 15.3 Å². The van der Waals surface area contributed by atoms with Crippen molar-refractivity contribution in [3.05, 3.63) is 83.9 Å². The summed E-state index contributed by atoms with van der Waals surface area (Å²) in [5, 5.41) is 2.66. The molecule has 2 atom stereocenters. The largest absolute Gasteiger partial charge is 0.439 e. The normalized spacial score (nSPS) is 19.1. The number of nitrogens with one attached hydrogen (secondary N) is 1. The van der Waals surface area contributed by atoms with E-state index in [-0.39, 0.29) is 5.56 Å². The Morgan fingerprint density at radius 3 is 2.62 bits per heavy atom. The number of hydrogen-bond acceptors (Lipinski definition) is 4. The lowest BCUT2D eigenvalue weighted by molar-refractivity contribution is 0.130. The number of carbonyl (C=O) groups is 1. The smallest absolute Gasteiger partial charge is 0.408 e. The Bertz CT molecular complexity index is 966. The topological polar surface area (TPSA) is 64.1 Å². The highest BCUT2D eigenvalue weighted by Crippen LogP contribution is 2.38. The van der Waals surface area contributed by atoms with E-state index < -0.39 is 29.9 Å². The molecule has 4 rings (SSSR count). The minimum absolute atomic E-state index is 0.0986. The summed E-state index contributed by atoms with van der Waals surface area (Å²) in [5.41, 5.74) is 2.40. The third kappa shape index (κ3) is 2.99. The SMILES string of the molecule is O=C1N[C@H](c2cncc(-c3cccnc3)c2)[C@@H](c2ccc(F)cc2F)O1. The summed E-state index contributed by atoms with van der Waals surface area (Å²) < 4.78 is 32.6. The van der Waals surface area contributed by atoms with E-state index in [0.717, 1.165) is 23.3 Å². The zero-order chi connectivity index (χ0) is 18.1. The predicted octanol–water partition coefficient (Wildman–Crippen LogP) is 3.94. The second kappa shape index (κ2) is 6.51. The number of aromatic nitrogens is 2. The number of rotatable bonds is 3. The molecule has 1 amide bonds. The number of hydrogen-bond donors (Lipinski definition) is 1. The van der Waals surface area contributed by atoms with Gasteiger partial charge in [0.1, 0.15) is 17.7 Å². The Kier molecular flexibility index (Phi) is 4.04. The molecule has 5 nitrogen and oxygen atoms in total. The van der Waals surface area contributed by atoms with Crippen LogP contribution in [0.15, 0.2) is 61.2 Å². The predicted molar refractivity (Wildman–Crippen MR) is 88.9 cm³/mol. The molecule has 7 heteroatoms. The van der Waals surface area contributed by atoms with E-state index >= 15 is 0 Å². The van der Waals surface area contributed by atoms with Gasteiger partial charge in [-0.05, 0) is 29.8 Å². The molecule has 0 radical (unpaired) electrons. The summed E-state index contributed by atoms with van der Waals surface area (Å²) in [5.74, 6) is -1.46. The van der Waals surface area contributed by atoms with Gasteiger partial charge in [-0.2, -0.15) is 0 Å². The molecule has 1 aliphatic rings. The number of cyclic esters (lactones) is 1. The highest BCUT2D eigenvalue weighted by atomic mass is 19.1. The van der Waals surface area contributed by atoms with Gasteiger partial charge >= 0.3 is 6.09 Å². The van der Waals surface area contributed by atoms with Crippen LogP contribution in [0.3, 0.4) is 0 Å². The number of ether oxygens (including phenoxy) is 1. The quantitative estimate of drug-likeness (QED) is 0.775. The minimum Gasteiger partial charge on any atom is -0.439 e. The summed E-state index contributed by atoms with van der Waals surface area (Å²) in [6.07, 6.45) is 5.02. The van der Waals surface area contributed by atoms with Crippen LogP contribution >= 0.6 is 0 Å². The van der Waals surface area contributed by atoms with Crippen molar-refractivity contribution in [1.29, 1.82) is 0 Å². The van der Waals surface area contributed by atoms with Gasteiger partial charge < -0.3 is 10.1 Å². The second-order valence-corrected chi connectivity index (χ2v) is 5.86. The van der Waals surface area contributed by atoms with Crippen LogP contribution in [0.5, 0.6) is 0 Å². The van der Waals surface area contributed by atoms with Crippen LogP contribution < -0.4 is 5.32 Å². The first-order valence-corrected chi connectivity index (χ1v) is 7.89. The van der Waals surface area contributed by atoms with Crippen LogP contribution in [0.2, 0.25) is 0 Å². The van der Waals surface area contributed by atoms with Gasteiger partial charge in [0.15, 0.2) is 6.10 Å². The maximum atomic E-state index is 14.2. The summed E-state index contributed by atoms with van der Waals surface area (Å²) in [4.78, 5) is 20.1. The van der Waals surface area contributed by atoms with Crippen LogP contribution in [0.1, 0.15) is 23.3 Å². The molecule has 1 saturated heterocycles. The monoisotopic (exact) mass is 353 g/mol. The number of amides is 1. The molecule has 130 valence electrons. The molecular formula is C19H13F2N3O2. The summed E-state index contributed by atoms with van der Waals surface area (Å²) in [6.45, 7) is 0. The van der Waals surface area contributed by atoms with Gasteiger partial charge in [-0.1, -0.05) is 6.07 Å². The van der Waals surface area contributed by atoms with Crippen LogP contribution in [-0.2, 0) is 4.74 Å². The standard InChI is InChI=1S/C19H13F2N3O2/c20-14-3-4-15(16(21)7-14)18-17(24-19(25)26-18)13-6-12(9-23-10-13)11-2-1-5-22-8-11/h1-10,17-18H,(H,24,25)/t17-,18-/m1/s1. The van der Waals surface area contributed by atoms with E-state index in [1.165, 1.54) is 6.07 Å². The summed E-state index contributed by atoms with van der Waals surface area (Å²) in [7, 11) is 0. The Morgan fingerprint density at radius 2 is 1.85 bits per heavy atom. The van der Waals surface area contributed by atoms with Crippen molar-refractivity contribution in [3.8, 4) is 11.1 Å². The van der Waals surface area contributed by atoms with E-state index in [1.807, 2.05) is 12.1 Å². The van der Waals surface area contributed by atoms with E-state index in [4.69, 9.17) is 4.74 Å². The average molecular weight is 353 g/mol. The maximum Gasteiger partial charge on any atom is 0.408 e. The molecule has 0 spiro atoms. The second-order valence-electron chi connectivity index (χ2n) is 5.86. The first kappa shape index (κ1) is 16.1. The molecule has 3 aromatic rings. The highest BCUT2D eigenvalue weighted by molar-refractivity contribution is 5.71. The molecule has 26 heavy (non-hydrogen) atoms. The molecule has 0 bridgehead atoms. The Hall–Kier alpha value is -3.35. The zero-order valence-electron chi connectivity index (χ0n) is 13.4. The lowest BCUT2D eigenvalue weighted by Crippen LogP contribution is -2.20. The fraction of sp³-hybridized carbons (Fsp3) is 0.105. The van der Waals surface area contributed by atoms with Crippen LogP contribution in [0.4, 0.5) is 13.6 Å². The van der Waals surface area contributed by atoms with Crippen LogP contribution in [0.25, 0.3) is 11.1 Å². The third-order valence-corrected chi connectivity index (χ3v) is 4.19. The number of alkyl carbamates (subject to hydrolysis) is 1. The fourth-order valence-corrected chi connectivity index (χ4v) is 2.97. The van der Waals surface area contributed by atoms with Gasteiger partial charge in [0, 0.05) is 47.5 Å². The summed E-state index contributed by atoms with van der Waals surface area (Å²) in [6, 6.07) is 8.05. The number of benzene rings is 1. The molecule has 0 saturated carbocycles. The molecule has 0 unspecified atom stereocenters. The molecule has 3 heterocycles. The van der Waals surface area contributed by atoms with Crippen molar-refractivity contribution in [1.82, 2.24) is 15.3 Å². The average Bonchev–Trinajstić information content (AvgIpc) is 3.04. The highest BCUT2D eigenvalue weighted by Gasteiger charge is 2.38. The van der Waals surface area contributed by atoms with Gasteiger partial charge in [-0.15, -0.1) is 0 Å². The molecule has 1 aliphatic heterocycles. The number of carbonyl (C=O) groups excluding carboxylic acids is 1. The van der Waals surface area contributed by atoms with Gasteiger partial charge in [-0.3, -0.25) is 9.97 Å². The molecule has 0 aliphatic carbocycles. The maximum absolute atomic E-state index is 14.2. The molecule has 1 N–H and O–H groups in total. The van der Waals surface area contributed by atoms with E-state index in [0.29, 0.717) is 5.56 Å². The molecule has 1 fully saturated rings. The number of pyridine rings is 2. The summed E-state index contributed by atoms with van der Waals surface area (Å²) >= 11 is 0. The zero-order valence-corrected chi connectivity index (χ0v) is 13.4. The Labute approximate surface area is 147 Å². The van der Waals surface area contributed by atoms with Crippen molar-refractivity contribution in [2.45, 2.75) is 12.1 Å². The van der Waals surface area contributed by atoms with Gasteiger partial charge in [-0.25, -0.2) is 13.6 Å². The molecule has 2 aromatic heterocycles. The minimum atomic E-state index is -0.922. The van der Waals surface area contributed by atoms with Crippen molar-refractivity contribution < 1.29 is 18.3 Å². The first-order chi connectivity index (χ1) is 12.6. The van der Waals surface area contributed by atoms with Gasteiger partial charge in [0.2, 0.25) is 0 Å². The third-order valence-electron chi connectivity index (χ3n) is 4.19. The first-order valence-electron chi connectivity index (χ1n) is 7.89. The Morgan fingerprint density at radius 1 is 1.00 bits per heavy atom. The van der Waals surface area contributed by atoms with Crippen molar-refractivity contribution in [2.24, 2.45) is 0 Å². The van der Waals surface area contributed by atoms with Gasteiger partial charge in [0.25, 0.3) is 0 Å². The number of nitrogens with zero attached hydrogens (tertiary/aromatic N) is 2. The molecule has 1 aromatic carbocycles. The van der Waals surface area contributed by atoms with E-state index in [9.17, 15) is 13.6 Å². The van der Waals surface area contributed by atoms with Crippen molar-refractivity contribution in [3.63, 3.8) is 0 Å².